The Bertz CT molecular complexity index is 1560. The van der Waals surface area contributed by atoms with Crippen LogP contribution in [-0.4, -0.2) is 39.3 Å². The normalized spacial score (nSPS) is 19.1. The third-order valence-electron chi connectivity index (χ3n) is 7.07. The summed E-state index contributed by atoms with van der Waals surface area (Å²) >= 11 is 0. The van der Waals surface area contributed by atoms with Gasteiger partial charge in [0.2, 0.25) is 0 Å². The molecular weight excluding hydrogens is 461 g/mol. The molecule has 1 fully saturated rings. The lowest BCUT2D eigenvalue weighted by Crippen LogP contribution is -2.46. The number of hydrogen-bond donors (Lipinski definition) is 3. The van der Waals surface area contributed by atoms with Crippen LogP contribution < -0.4 is 10.6 Å². The topological polar surface area (TPSA) is 107 Å². The van der Waals surface area contributed by atoms with Crippen LogP contribution >= 0.6 is 0 Å². The van der Waals surface area contributed by atoms with E-state index in [1.54, 1.807) is 17.3 Å². The van der Waals surface area contributed by atoms with Crippen LogP contribution in [0.4, 0.5) is 9.18 Å². The second kappa shape index (κ2) is 8.01. The van der Waals surface area contributed by atoms with Gasteiger partial charge in [-0.2, -0.15) is 0 Å². The highest BCUT2D eigenvalue weighted by molar-refractivity contribution is 6.07. The van der Waals surface area contributed by atoms with Crippen molar-refractivity contribution in [3.8, 4) is 11.1 Å². The van der Waals surface area contributed by atoms with Crippen LogP contribution in [0.3, 0.4) is 0 Å². The standard InChI is InChI=1S/C27H22FN5O3/c1-15-10-18(11-22-23(15)30-14-29-22)16-2-5-19(6-3-16)27(25(35)31-26(36)32-27)8-9-33-13-17-4-7-20(28)12-21(17)24(33)34/h2-7,10-12,14H,8-9,13H2,1H3,(H,29,30)(H2,31,32,35,36)/t27-/m0/s1. The first-order valence-corrected chi connectivity index (χ1v) is 11.6. The lowest BCUT2D eigenvalue weighted by Gasteiger charge is -2.29. The van der Waals surface area contributed by atoms with Crippen molar-refractivity contribution in [3.63, 3.8) is 0 Å². The molecule has 0 radical (unpaired) electrons. The molecule has 0 saturated carbocycles. The molecule has 3 N–H and O–H groups in total. The van der Waals surface area contributed by atoms with Crippen LogP contribution in [0.25, 0.3) is 22.2 Å². The molecule has 4 amide bonds. The molecule has 6 rings (SSSR count). The summed E-state index contributed by atoms with van der Waals surface area (Å²) in [5, 5.41) is 5.12. The van der Waals surface area contributed by atoms with Gasteiger partial charge in [0, 0.05) is 25.1 Å². The van der Waals surface area contributed by atoms with Gasteiger partial charge < -0.3 is 15.2 Å². The summed E-state index contributed by atoms with van der Waals surface area (Å²) in [5.41, 5.74) is 5.21. The average Bonchev–Trinajstić information content (AvgIpc) is 3.54. The monoisotopic (exact) mass is 483 g/mol. The number of aryl methyl sites for hydroxylation is 1. The highest BCUT2D eigenvalue weighted by Gasteiger charge is 2.48. The zero-order valence-corrected chi connectivity index (χ0v) is 19.4. The second-order valence-corrected chi connectivity index (χ2v) is 9.26. The maximum atomic E-state index is 13.6. The largest absolute Gasteiger partial charge is 0.345 e. The smallest absolute Gasteiger partial charge is 0.322 e. The van der Waals surface area contributed by atoms with Gasteiger partial charge in [0.25, 0.3) is 11.8 Å². The summed E-state index contributed by atoms with van der Waals surface area (Å²) in [4.78, 5) is 47.0. The van der Waals surface area contributed by atoms with Crippen LogP contribution in [0.15, 0.2) is 60.9 Å². The van der Waals surface area contributed by atoms with Gasteiger partial charge in [0.05, 0.1) is 17.4 Å². The second-order valence-electron chi connectivity index (χ2n) is 9.26. The highest BCUT2D eigenvalue weighted by Crippen LogP contribution is 2.33. The Labute approximate surface area is 205 Å². The van der Waals surface area contributed by atoms with E-state index in [4.69, 9.17) is 0 Å². The van der Waals surface area contributed by atoms with Crippen LogP contribution in [0.5, 0.6) is 0 Å². The number of imide groups is 1. The predicted octanol–water partition coefficient (Wildman–Crippen LogP) is 3.76. The summed E-state index contributed by atoms with van der Waals surface area (Å²) in [7, 11) is 0. The molecule has 2 aliphatic rings. The van der Waals surface area contributed by atoms with Crippen LogP contribution in [0.1, 0.15) is 33.5 Å². The Morgan fingerprint density at radius 1 is 1.03 bits per heavy atom. The molecule has 4 aromatic rings. The number of imidazole rings is 1. The average molecular weight is 484 g/mol. The molecule has 1 aromatic heterocycles. The van der Waals surface area contributed by atoms with E-state index < -0.39 is 23.3 Å². The van der Waals surface area contributed by atoms with Gasteiger partial charge in [0.15, 0.2) is 0 Å². The molecule has 1 saturated heterocycles. The first-order chi connectivity index (χ1) is 17.3. The van der Waals surface area contributed by atoms with E-state index in [1.165, 1.54) is 12.1 Å². The van der Waals surface area contributed by atoms with Gasteiger partial charge in [-0.15, -0.1) is 0 Å². The van der Waals surface area contributed by atoms with Gasteiger partial charge in [-0.1, -0.05) is 30.3 Å². The summed E-state index contributed by atoms with van der Waals surface area (Å²) in [6.07, 6.45) is 1.83. The van der Waals surface area contributed by atoms with Crippen LogP contribution in [0, 0.1) is 12.7 Å². The van der Waals surface area contributed by atoms with E-state index in [2.05, 4.69) is 26.7 Å². The molecule has 8 nitrogen and oxygen atoms in total. The fourth-order valence-electron chi connectivity index (χ4n) is 5.17. The quantitative estimate of drug-likeness (QED) is 0.376. The SMILES string of the molecule is Cc1cc(-c2ccc([C@]3(CCN4Cc5ccc(F)cc5C4=O)NC(=O)NC3=O)cc2)cc2[nH]cnc12. The number of fused-ring (bicyclic) bond motifs is 2. The first-order valence-electron chi connectivity index (χ1n) is 11.6. The molecule has 36 heavy (non-hydrogen) atoms. The lowest BCUT2D eigenvalue weighted by atomic mass is 9.85. The molecule has 180 valence electrons. The molecular formula is C27H22FN5O3. The Balaban J connectivity index is 1.28. The minimum absolute atomic E-state index is 0.172. The number of H-pyrrole nitrogens is 1. The molecule has 0 spiro atoms. The van der Waals surface area contributed by atoms with Crippen LogP contribution in [-0.2, 0) is 16.9 Å². The van der Waals surface area contributed by atoms with Gasteiger partial charge >= 0.3 is 6.03 Å². The van der Waals surface area contributed by atoms with E-state index in [9.17, 15) is 18.8 Å². The number of amides is 4. The summed E-state index contributed by atoms with van der Waals surface area (Å²) in [6.45, 7) is 2.54. The van der Waals surface area contributed by atoms with Gasteiger partial charge in [-0.25, -0.2) is 14.2 Å². The summed E-state index contributed by atoms with van der Waals surface area (Å²) < 4.78 is 13.6. The van der Waals surface area contributed by atoms with Crippen LogP contribution in [0.2, 0.25) is 0 Å². The number of hydrogen-bond acceptors (Lipinski definition) is 4. The van der Waals surface area contributed by atoms with Crippen molar-refractivity contribution >= 4 is 28.9 Å². The molecule has 3 aromatic carbocycles. The van der Waals surface area contributed by atoms with E-state index in [-0.39, 0.29) is 18.9 Å². The van der Waals surface area contributed by atoms with Gasteiger partial charge in [-0.3, -0.25) is 14.9 Å². The molecule has 0 aliphatic carbocycles. The number of carbonyl (C=O) groups is 3. The molecule has 9 heteroatoms. The van der Waals surface area contributed by atoms with Crippen molar-refractivity contribution in [2.45, 2.75) is 25.4 Å². The lowest BCUT2D eigenvalue weighted by molar-refractivity contribution is -0.124. The first kappa shape index (κ1) is 22.0. The maximum absolute atomic E-state index is 13.6. The van der Waals surface area contributed by atoms with E-state index in [0.29, 0.717) is 17.7 Å². The summed E-state index contributed by atoms with van der Waals surface area (Å²) in [5.74, 6) is -1.22. The predicted molar refractivity (Wildman–Crippen MR) is 130 cm³/mol. The molecule has 2 aliphatic heterocycles. The van der Waals surface area contributed by atoms with E-state index in [1.807, 2.05) is 37.3 Å². The van der Waals surface area contributed by atoms with Crippen molar-refractivity contribution in [1.82, 2.24) is 25.5 Å². The maximum Gasteiger partial charge on any atom is 0.322 e. The Morgan fingerprint density at radius 3 is 2.58 bits per heavy atom. The number of aromatic amines is 1. The van der Waals surface area contributed by atoms with Crippen molar-refractivity contribution in [2.75, 3.05) is 6.54 Å². The number of nitrogens with zero attached hydrogens (tertiary/aromatic N) is 2. The Hall–Kier alpha value is -4.53. The number of rotatable bonds is 5. The minimum atomic E-state index is -1.32. The van der Waals surface area contributed by atoms with Gasteiger partial charge in [-0.05, 0) is 59.0 Å². The number of benzene rings is 3. The van der Waals surface area contributed by atoms with Crippen molar-refractivity contribution < 1.29 is 18.8 Å². The van der Waals surface area contributed by atoms with Crippen molar-refractivity contribution in [2.24, 2.45) is 0 Å². The molecule has 1 atom stereocenters. The minimum Gasteiger partial charge on any atom is -0.345 e. The van der Waals surface area contributed by atoms with Gasteiger partial charge in [0.1, 0.15) is 11.4 Å². The third kappa shape index (κ3) is 3.43. The number of aromatic nitrogens is 2. The van der Waals surface area contributed by atoms with Crippen molar-refractivity contribution in [1.29, 1.82) is 0 Å². The van der Waals surface area contributed by atoms with E-state index >= 15 is 0 Å². The number of urea groups is 1. The Morgan fingerprint density at radius 2 is 1.83 bits per heavy atom. The highest BCUT2D eigenvalue weighted by atomic mass is 19.1. The third-order valence-corrected chi connectivity index (χ3v) is 7.07. The zero-order chi connectivity index (χ0) is 25.0. The molecule has 0 bridgehead atoms. The fraction of sp³-hybridized carbons (Fsp3) is 0.185. The zero-order valence-electron chi connectivity index (χ0n) is 19.4. The van der Waals surface area contributed by atoms with Crippen molar-refractivity contribution in [3.05, 3.63) is 89.0 Å². The summed E-state index contributed by atoms with van der Waals surface area (Å²) in [6, 6.07) is 15.1. The number of nitrogens with one attached hydrogen (secondary N) is 3. The molecule has 3 heterocycles. The van der Waals surface area contributed by atoms with E-state index in [0.717, 1.165) is 33.3 Å². The number of halogens is 1. The fourth-order valence-corrected chi connectivity index (χ4v) is 5.17. The number of carbonyl (C=O) groups excluding carboxylic acids is 3. The Kier molecular flexibility index (Phi) is 4.89. The molecule has 0 unspecified atom stereocenters.